The summed E-state index contributed by atoms with van der Waals surface area (Å²) < 4.78 is 24.6. The third-order valence-electron chi connectivity index (χ3n) is 3.39. The molecule has 2 aromatic heterocycles. The van der Waals surface area contributed by atoms with E-state index in [1.54, 1.807) is 19.1 Å². The summed E-state index contributed by atoms with van der Waals surface area (Å²) in [5, 5.41) is 7.51. The van der Waals surface area contributed by atoms with E-state index in [4.69, 9.17) is 9.26 Å². The number of nitrogens with zero attached hydrogens (tertiary/aromatic N) is 4. The van der Waals surface area contributed by atoms with Gasteiger partial charge < -0.3 is 9.26 Å². The molecule has 0 radical (unpaired) electrons. The number of hydrogen-bond acceptors (Lipinski definition) is 7. The topological polar surface area (TPSA) is 100 Å². The van der Waals surface area contributed by atoms with Crippen molar-refractivity contribution >= 4 is 5.97 Å². The fourth-order valence-electron chi connectivity index (χ4n) is 1.98. The monoisotopic (exact) mass is 344 g/mol. The highest BCUT2D eigenvalue weighted by Gasteiger charge is 2.14. The van der Waals surface area contributed by atoms with Crippen LogP contribution in [-0.2, 0) is 18.4 Å². The van der Waals surface area contributed by atoms with Crippen LogP contribution in [0.5, 0.6) is 0 Å². The lowest BCUT2D eigenvalue weighted by Crippen LogP contribution is -2.21. The number of aromatic nitrogens is 4. The summed E-state index contributed by atoms with van der Waals surface area (Å²) >= 11 is 0. The number of carbonyl (C=O) groups excluding carboxylic acids is 1. The van der Waals surface area contributed by atoms with Crippen molar-refractivity contribution in [3.05, 3.63) is 63.7 Å². The number of carbonyl (C=O) groups is 1. The maximum atomic E-state index is 13.6. The highest BCUT2D eigenvalue weighted by Crippen LogP contribution is 2.19. The molecule has 0 amide bonds. The van der Waals surface area contributed by atoms with E-state index in [1.165, 1.54) is 25.2 Å². The fraction of sp³-hybridized carbons (Fsp3) is 0.188. The van der Waals surface area contributed by atoms with Gasteiger partial charge in [0, 0.05) is 18.7 Å². The average Bonchev–Trinajstić information content (AvgIpc) is 3.06. The van der Waals surface area contributed by atoms with E-state index in [0.717, 1.165) is 4.68 Å². The van der Waals surface area contributed by atoms with Gasteiger partial charge in [0.05, 0.1) is 0 Å². The van der Waals surface area contributed by atoms with E-state index in [0.29, 0.717) is 11.1 Å². The predicted molar refractivity (Wildman–Crippen MR) is 83.0 cm³/mol. The Hall–Kier alpha value is -3.36. The molecule has 0 aliphatic rings. The van der Waals surface area contributed by atoms with Gasteiger partial charge in [0.15, 0.2) is 12.3 Å². The molecular formula is C16H13FN4O4. The van der Waals surface area contributed by atoms with Crippen LogP contribution in [0.15, 0.2) is 39.6 Å². The first kappa shape index (κ1) is 16.5. The van der Waals surface area contributed by atoms with Crippen LogP contribution in [0.4, 0.5) is 4.39 Å². The molecule has 8 nitrogen and oxygen atoms in total. The van der Waals surface area contributed by atoms with Crippen LogP contribution in [0.1, 0.15) is 21.9 Å². The van der Waals surface area contributed by atoms with Crippen molar-refractivity contribution in [2.45, 2.75) is 13.5 Å². The second kappa shape index (κ2) is 6.63. The first-order valence-electron chi connectivity index (χ1n) is 7.24. The van der Waals surface area contributed by atoms with Crippen LogP contribution in [0.25, 0.3) is 11.4 Å². The smallest absolute Gasteiger partial charge is 0.359 e. The lowest BCUT2D eigenvalue weighted by Gasteiger charge is -2.02. The minimum Gasteiger partial charge on any atom is -0.451 e. The van der Waals surface area contributed by atoms with Crippen molar-refractivity contribution in [3.8, 4) is 11.4 Å². The normalized spacial score (nSPS) is 10.7. The number of ether oxygens (including phenoxy) is 1. The van der Waals surface area contributed by atoms with Crippen molar-refractivity contribution in [1.29, 1.82) is 0 Å². The van der Waals surface area contributed by atoms with Crippen LogP contribution >= 0.6 is 0 Å². The summed E-state index contributed by atoms with van der Waals surface area (Å²) in [7, 11) is 1.42. The first-order chi connectivity index (χ1) is 11.9. The molecule has 0 aliphatic heterocycles. The Morgan fingerprint density at radius 1 is 1.32 bits per heavy atom. The van der Waals surface area contributed by atoms with Crippen molar-refractivity contribution < 1.29 is 18.4 Å². The van der Waals surface area contributed by atoms with Crippen LogP contribution in [-0.4, -0.2) is 25.9 Å². The molecule has 128 valence electrons. The van der Waals surface area contributed by atoms with Crippen molar-refractivity contribution in [3.63, 3.8) is 0 Å². The molecule has 0 saturated carbocycles. The third-order valence-corrected chi connectivity index (χ3v) is 3.39. The number of halogens is 1. The highest BCUT2D eigenvalue weighted by molar-refractivity contribution is 5.86. The van der Waals surface area contributed by atoms with Gasteiger partial charge in [-0.1, -0.05) is 17.3 Å². The molecular weight excluding hydrogens is 331 g/mol. The lowest BCUT2D eigenvalue weighted by molar-refractivity contribution is 0.0420. The van der Waals surface area contributed by atoms with Crippen LogP contribution in [0, 0.1) is 12.7 Å². The largest absolute Gasteiger partial charge is 0.451 e. The molecule has 9 heteroatoms. The number of hydrogen-bond donors (Lipinski definition) is 0. The van der Waals surface area contributed by atoms with Gasteiger partial charge in [-0.25, -0.2) is 13.9 Å². The summed E-state index contributed by atoms with van der Waals surface area (Å²) in [6.07, 6.45) is 0. The second-order valence-electron chi connectivity index (χ2n) is 5.23. The summed E-state index contributed by atoms with van der Waals surface area (Å²) in [6, 6.07) is 7.03. The van der Waals surface area contributed by atoms with E-state index >= 15 is 0 Å². The van der Waals surface area contributed by atoms with Gasteiger partial charge in [0.1, 0.15) is 5.82 Å². The molecule has 25 heavy (non-hydrogen) atoms. The van der Waals surface area contributed by atoms with E-state index in [1.807, 2.05) is 0 Å². The van der Waals surface area contributed by atoms with Gasteiger partial charge in [-0.15, -0.1) is 0 Å². The summed E-state index contributed by atoms with van der Waals surface area (Å²) in [5.41, 5.74) is 0.584. The first-order valence-corrected chi connectivity index (χ1v) is 7.24. The molecule has 0 bridgehead atoms. The Bertz CT molecular complexity index is 996. The maximum absolute atomic E-state index is 13.6. The van der Waals surface area contributed by atoms with Gasteiger partial charge in [0.25, 0.3) is 11.4 Å². The maximum Gasteiger partial charge on any atom is 0.359 e. The molecule has 0 spiro atoms. The van der Waals surface area contributed by atoms with E-state index in [9.17, 15) is 14.0 Å². The van der Waals surface area contributed by atoms with E-state index in [-0.39, 0.29) is 35.4 Å². The number of benzene rings is 1. The number of esters is 1. The van der Waals surface area contributed by atoms with Crippen LogP contribution < -0.4 is 5.56 Å². The van der Waals surface area contributed by atoms with Gasteiger partial charge in [-0.05, 0) is 24.6 Å². The zero-order chi connectivity index (χ0) is 18.0. The summed E-state index contributed by atoms with van der Waals surface area (Å²) in [6.45, 7) is 1.37. The summed E-state index contributed by atoms with van der Waals surface area (Å²) in [5.74, 6) is -0.882. The highest BCUT2D eigenvalue weighted by atomic mass is 19.1. The zero-order valence-electron chi connectivity index (χ0n) is 13.4. The Kier molecular flexibility index (Phi) is 4.38. The minimum absolute atomic E-state index is 0.0255. The van der Waals surface area contributed by atoms with Gasteiger partial charge in [-0.3, -0.25) is 4.79 Å². The molecule has 0 unspecified atom stereocenters. The fourth-order valence-corrected chi connectivity index (χ4v) is 1.98. The minimum atomic E-state index is -0.739. The average molecular weight is 344 g/mol. The SMILES string of the molecule is Cc1ccc(-c2noc(COC(=O)c3ccc(=O)n(C)n3)n2)cc1F. The molecule has 0 N–H and O–H groups in total. The summed E-state index contributed by atoms with van der Waals surface area (Å²) in [4.78, 5) is 27.2. The van der Waals surface area contributed by atoms with Gasteiger partial charge >= 0.3 is 5.97 Å². The third kappa shape index (κ3) is 3.60. The zero-order valence-corrected chi connectivity index (χ0v) is 13.4. The van der Waals surface area contributed by atoms with Crippen molar-refractivity contribution in [1.82, 2.24) is 19.9 Å². The van der Waals surface area contributed by atoms with E-state index < -0.39 is 5.97 Å². The Labute approximate surface area is 140 Å². The van der Waals surface area contributed by atoms with Crippen molar-refractivity contribution in [2.75, 3.05) is 0 Å². The number of rotatable bonds is 4. The van der Waals surface area contributed by atoms with Gasteiger partial charge in [-0.2, -0.15) is 10.1 Å². The van der Waals surface area contributed by atoms with E-state index in [2.05, 4.69) is 15.2 Å². The van der Waals surface area contributed by atoms with Gasteiger partial charge in [0.2, 0.25) is 5.82 Å². The predicted octanol–water partition coefficient (Wildman–Crippen LogP) is 1.63. The standard InChI is InChI=1S/C16H13FN4O4/c1-9-3-4-10(7-11(9)17)15-18-13(25-20-15)8-24-16(23)12-5-6-14(22)21(2)19-12/h3-7H,8H2,1-2H3. The Morgan fingerprint density at radius 3 is 2.84 bits per heavy atom. The molecule has 1 aromatic carbocycles. The number of aryl methyl sites for hydroxylation is 2. The Morgan fingerprint density at radius 2 is 2.12 bits per heavy atom. The quantitative estimate of drug-likeness (QED) is 0.663. The Balaban J connectivity index is 1.69. The molecule has 0 aliphatic carbocycles. The lowest BCUT2D eigenvalue weighted by atomic mass is 10.1. The molecule has 0 fully saturated rings. The molecule has 2 heterocycles. The van der Waals surface area contributed by atoms with Crippen LogP contribution in [0.3, 0.4) is 0 Å². The molecule has 3 rings (SSSR count). The molecule has 0 saturated heterocycles. The molecule has 0 atom stereocenters. The second-order valence-corrected chi connectivity index (χ2v) is 5.23. The van der Waals surface area contributed by atoms with Crippen LogP contribution in [0.2, 0.25) is 0 Å². The van der Waals surface area contributed by atoms with Crippen molar-refractivity contribution in [2.24, 2.45) is 7.05 Å². The molecule has 3 aromatic rings.